The first-order valence-electron chi connectivity index (χ1n) is 6.78. The second-order valence-electron chi connectivity index (χ2n) is 4.82. The molecule has 1 aromatic carbocycles. The molecule has 112 valence electrons. The lowest BCUT2D eigenvalue weighted by Gasteiger charge is -2.04. The highest BCUT2D eigenvalue weighted by Gasteiger charge is 2.08. The lowest BCUT2D eigenvalue weighted by Crippen LogP contribution is -2.13. The predicted octanol–water partition coefficient (Wildman–Crippen LogP) is 3.37. The maximum atomic E-state index is 11.6. The molecule has 4 nitrogen and oxygen atoms in total. The van der Waals surface area contributed by atoms with Crippen molar-refractivity contribution in [3.05, 3.63) is 45.4 Å². The van der Waals surface area contributed by atoms with E-state index in [0.29, 0.717) is 24.5 Å². The van der Waals surface area contributed by atoms with Gasteiger partial charge in [-0.25, -0.2) is 4.98 Å². The van der Waals surface area contributed by atoms with Gasteiger partial charge in [-0.05, 0) is 43.1 Å². The Morgan fingerprint density at radius 3 is 3.00 bits per heavy atom. The van der Waals surface area contributed by atoms with Crippen molar-refractivity contribution >= 4 is 34.0 Å². The van der Waals surface area contributed by atoms with E-state index in [1.165, 1.54) is 16.9 Å². The fourth-order valence-electron chi connectivity index (χ4n) is 1.94. The van der Waals surface area contributed by atoms with E-state index in [1.54, 1.807) is 6.20 Å². The van der Waals surface area contributed by atoms with Crippen LogP contribution in [0, 0.1) is 6.92 Å². The first kappa shape index (κ1) is 15.9. The minimum Gasteiger partial charge on any atom is -0.330 e. The minimum atomic E-state index is -0.0379. The average molecular weight is 324 g/mol. The maximum absolute atomic E-state index is 11.6. The fourth-order valence-corrected chi connectivity index (χ4v) is 3.02. The molecule has 1 heterocycles. The third-order valence-corrected chi connectivity index (χ3v) is 4.23. The van der Waals surface area contributed by atoms with Crippen LogP contribution in [0.4, 0.5) is 5.13 Å². The molecule has 0 radical (unpaired) electrons. The molecule has 0 bridgehead atoms. The van der Waals surface area contributed by atoms with E-state index in [1.807, 2.05) is 25.1 Å². The van der Waals surface area contributed by atoms with Gasteiger partial charge in [0.1, 0.15) is 0 Å². The Kier molecular flexibility index (Phi) is 5.73. The van der Waals surface area contributed by atoms with Gasteiger partial charge in [0, 0.05) is 28.9 Å². The predicted molar refractivity (Wildman–Crippen MR) is 88.0 cm³/mol. The Morgan fingerprint density at radius 1 is 1.48 bits per heavy atom. The highest BCUT2D eigenvalue weighted by molar-refractivity contribution is 7.15. The van der Waals surface area contributed by atoms with Crippen molar-refractivity contribution in [3.63, 3.8) is 0 Å². The molecular weight excluding hydrogens is 306 g/mol. The molecule has 1 amide bonds. The highest BCUT2D eigenvalue weighted by atomic mass is 35.5. The van der Waals surface area contributed by atoms with Crippen LogP contribution < -0.4 is 11.1 Å². The number of nitrogens with zero attached hydrogens (tertiary/aromatic N) is 1. The van der Waals surface area contributed by atoms with E-state index >= 15 is 0 Å². The molecule has 0 unspecified atom stereocenters. The van der Waals surface area contributed by atoms with Crippen LogP contribution in [-0.4, -0.2) is 17.4 Å². The van der Waals surface area contributed by atoms with Crippen LogP contribution in [0.15, 0.2) is 24.4 Å². The first-order chi connectivity index (χ1) is 10.1. The van der Waals surface area contributed by atoms with E-state index in [9.17, 15) is 4.79 Å². The summed E-state index contributed by atoms with van der Waals surface area (Å²) in [5.74, 6) is -0.0379. The van der Waals surface area contributed by atoms with Crippen LogP contribution in [0.2, 0.25) is 5.02 Å². The van der Waals surface area contributed by atoms with Gasteiger partial charge in [-0.2, -0.15) is 0 Å². The topological polar surface area (TPSA) is 68.0 Å². The fraction of sp³-hybridized carbons (Fsp3) is 0.333. The van der Waals surface area contributed by atoms with Gasteiger partial charge >= 0.3 is 0 Å². The van der Waals surface area contributed by atoms with Gasteiger partial charge in [-0.1, -0.05) is 17.7 Å². The van der Waals surface area contributed by atoms with Crippen LogP contribution in [0.3, 0.4) is 0 Å². The summed E-state index contributed by atoms with van der Waals surface area (Å²) in [5.41, 5.74) is 7.75. The van der Waals surface area contributed by atoms with Gasteiger partial charge in [0.25, 0.3) is 0 Å². The summed E-state index contributed by atoms with van der Waals surface area (Å²) in [7, 11) is 0. The number of carbonyl (C=O) groups is 1. The van der Waals surface area contributed by atoms with E-state index in [4.69, 9.17) is 17.3 Å². The quantitative estimate of drug-likeness (QED) is 0.856. The Hall–Kier alpha value is -1.43. The minimum absolute atomic E-state index is 0.0379. The molecule has 0 aliphatic carbocycles. The molecule has 0 saturated carbocycles. The second-order valence-corrected chi connectivity index (χ2v) is 6.37. The Morgan fingerprint density at radius 2 is 2.29 bits per heavy atom. The average Bonchev–Trinajstić information content (AvgIpc) is 2.87. The van der Waals surface area contributed by atoms with Crippen molar-refractivity contribution in [1.29, 1.82) is 0 Å². The molecule has 6 heteroatoms. The third kappa shape index (κ3) is 4.81. The molecule has 1 aromatic heterocycles. The number of hydrogen-bond acceptors (Lipinski definition) is 4. The van der Waals surface area contributed by atoms with Gasteiger partial charge in [0.05, 0.1) is 0 Å². The molecular formula is C15H18ClN3OS. The lowest BCUT2D eigenvalue weighted by atomic mass is 10.1. The number of benzene rings is 1. The Balaban J connectivity index is 1.98. The Bertz CT molecular complexity index is 627. The summed E-state index contributed by atoms with van der Waals surface area (Å²) < 4.78 is 0. The number of nitrogens with one attached hydrogen (secondary N) is 1. The molecule has 0 aliphatic heterocycles. The SMILES string of the molecule is Cc1cc(Cl)ccc1Cc1cnc(NC(=O)CCCN)s1. The summed E-state index contributed by atoms with van der Waals surface area (Å²) >= 11 is 7.45. The van der Waals surface area contributed by atoms with Crippen LogP contribution in [0.5, 0.6) is 0 Å². The number of carbonyl (C=O) groups excluding carboxylic acids is 1. The van der Waals surface area contributed by atoms with Crippen LogP contribution in [-0.2, 0) is 11.2 Å². The summed E-state index contributed by atoms with van der Waals surface area (Å²) in [6.45, 7) is 2.56. The zero-order chi connectivity index (χ0) is 15.2. The molecule has 0 aliphatic rings. The van der Waals surface area contributed by atoms with Crippen LogP contribution in [0.25, 0.3) is 0 Å². The number of nitrogens with two attached hydrogens (primary N) is 1. The molecule has 0 spiro atoms. The summed E-state index contributed by atoms with van der Waals surface area (Å²) in [4.78, 5) is 17.0. The number of thiazole rings is 1. The first-order valence-corrected chi connectivity index (χ1v) is 7.97. The molecule has 0 atom stereocenters. The molecule has 2 rings (SSSR count). The Labute approximate surface area is 133 Å². The maximum Gasteiger partial charge on any atom is 0.226 e. The van der Waals surface area contributed by atoms with Gasteiger partial charge in [0.2, 0.25) is 5.91 Å². The summed E-state index contributed by atoms with van der Waals surface area (Å²) in [5, 5.41) is 4.18. The number of amides is 1. The van der Waals surface area contributed by atoms with Crippen LogP contribution >= 0.6 is 22.9 Å². The number of hydrogen-bond donors (Lipinski definition) is 2. The van der Waals surface area contributed by atoms with Gasteiger partial charge < -0.3 is 11.1 Å². The monoisotopic (exact) mass is 323 g/mol. The molecule has 0 saturated heterocycles. The number of aromatic nitrogens is 1. The number of halogens is 1. The van der Waals surface area contributed by atoms with Crippen molar-refractivity contribution in [2.75, 3.05) is 11.9 Å². The highest BCUT2D eigenvalue weighted by Crippen LogP contribution is 2.24. The largest absolute Gasteiger partial charge is 0.330 e. The summed E-state index contributed by atoms with van der Waals surface area (Å²) in [6.07, 6.45) is 3.71. The molecule has 0 fully saturated rings. The summed E-state index contributed by atoms with van der Waals surface area (Å²) in [6, 6.07) is 5.87. The van der Waals surface area contributed by atoms with Crippen molar-refractivity contribution in [2.24, 2.45) is 5.73 Å². The second kappa shape index (κ2) is 7.54. The van der Waals surface area contributed by atoms with Crippen LogP contribution in [0.1, 0.15) is 28.8 Å². The van der Waals surface area contributed by atoms with E-state index in [-0.39, 0.29) is 5.91 Å². The molecule has 21 heavy (non-hydrogen) atoms. The van der Waals surface area contributed by atoms with E-state index < -0.39 is 0 Å². The van der Waals surface area contributed by atoms with Crippen molar-refractivity contribution < 1.29 is 4.79 Å². The standard InChI is InChI=1S/C15H18ClN3OS/c1-10-7-12(16)5-4-11(10)8-13-9-18-15(21-13)19-14(20)3-2-6-17/h4-5,7,9H,2-3,6,8,17H2,1H3,(H,18,19,20). The molecule has 3 N–H and O–H groups in total. The van der Waals surface area contributed by atoms with Crippen molar-refractivity contribution in [1.82, 2.24) is 4.98 Å². The smallest absolute Gasteiger partial charge is 0.226 e. The van der Waals surface area contributed by atoms with Gasteiger partial charge in [-0.3, -0.25) is 4.79 Å². The lowest BCUT2D eigenvalue weighted by molar-refractivity contribution is -0.116. The van der Waals surface area contributed by atoms with Crippen molar-refractivity contribution in [2.45, 2.75) is 26.2 Å². The third-order valence-electron chi connectivity index (χ3n) is 3.08. The number of aryl methyl sites for hydroxylation is 1. The van der Waals surface area contributed by atoms with Gasteiger partial charge in [-0.15, -0.1) is 11.3 Å². The van der Waals surface area contributed by atoms with E-state index in [2.05, 4.69) is 10.3 Å². The van der Waals surface area contributed by atoms with Gasteiger partial charge in [0.15, 0.2) is 5.13 Å². The normalized spacial score (nSPS) is 10.6. The number of anilines is 1. The van der Waals surface area contributed by atoms with E-state index in [0.717, 1.165) is 21.9 Å². The van der Waals surface area contributed by atoms with Crippen molar-refractivity contribution in [3.8, 4) is 0 Å². The zero-order valence-electron chi connectivity index (χ0n) is 11.9. The number of rotatable bonds is 6. The zero-order valence-corrected chi connectivity index (χ0v) is 13.4. The molecule has 2 aromatic rings.